The predicted octanol–water partition coefficient (Wildman–Crippen LogP) is 0.223. The highest BCUT2D eigenvalue weighted by Crippen LogP contribution is 2.53. The summed E-state index contributed by atoms with van der Waals surface area (Å²) in [6, 6.07) is 0. The Morgan fingerprint density at radius 2 is 0.912 bits per heavy atom. The van der Waals surface area contributed by atoms with Crippen molar-refractivity contribution in [3.05, 3.63) is 24.3 Å². The summed E-state index contributed by atoms with van der Waals surface area (Å²) < 4.78 is 0. The van der Waals surface area contributed by atoms with E-state index in [9.17, 15) is 28.8 Å². The van der Waals surface area contributed by atoms with Crippen molar-refractivity contribution >= 4 is 35.4 Å². The van der Waals surface area contributed by atoms with Gasteiger partial charge in [-0.15, -0.1) is 0 Å². The molecule has 6 rings (SSSR count). The second kappa shape index (κ2) is 7.61. The molecule has 10 nitrogen and oxygen atoms in total. The molecule has 2 saturated heterocycles. The first-order valence-electron chi connectivity index (χ1n) is 12.1. The molecule has 0 radical (unpaired) electrons. The van der Waals surface area contributed by atoms with Gasteiger partial charge in [0.05, 0.1) is 23.7 Å². The normalized spacial score (nSPS) is 38.4. The number of hydrogen-bond acceptors (Lipinski definition) is 6. The minimum atomic E-state index is -0.455. The summed E-state index contributed by atoms with van der Waals surface area (Å²) in [6.45, 7) is 0. The third-order valence-electron chi connectivity index (χ3n) is 8.47. The standard InChI is InChI=1S/C24H26N4O6/c29-15(25-27-21(31)17-11-5-6-12(9-11)18(17)22(27)32)3-1-2-4-16(30)26-28-23(33)19-13-7-8-14(10-13)20(19)24(28)34/h5-8,11-14,17-20H,1-4,9-10H2,(H,25,29)(H,26,30)/t11-,12-,13-,14-,17-,18+,19-,20+/m0/s1. The maximum atomic E-state index is 12.6. The fourth-order valence-electron chi connectivity index (χ4n) is 6.96. The maximum absolute atomic E-state index is 12.6. The van der Waals surface area contributed by atoms with Crippen molar-refractivity contribution < 1.29 is 28.8 Å². The number of hydrazine groups is 2. The van der Waals surface area contributed by atoms with Gasteiger partial charge in [-0.2, -0.15) is 10.0 Å². The first kappa shape index (κ1) is 21.2. The summed E-state index contributed by atoms with van der Waals surface area (Å²) in [6.07, 6.45) is 10.4. The van der Waals surface area contributed by atoms with Crippen LogP contribution in [0, 0.1) is 47.3 Å². The van der Waals surface area contributed by atoms with Crippen molar-refractivity contribution in [1.82, 2.24) is 20.9 Å². The zero-order chi connectivity index (χ0) is 23.7. The van der Waals surface area contributed by atoms with Crippen LogP contribution in [-0.2, 0) is 28.8 Å². The molecule has 10 heteroatoms. The Balaban J connectivity index is 0.939. The van der Waals surface area contributed by atoms with E-state index in [0.29, 0.717) is 12.8 Å². The molecule has 2 heterocycles. The largest absolute Gasteiger partial charge is 0.273 e. The third kappa shape index (κ3) is 3.00. The number of unbranched alkanes of at least 4 members (excludes halogenated alkanes) is 1. The molecule has 4 aliphatic carbocycles. The Labute approximate surface area is 195 Å². The van der Waals surface area contributed by atoms with E-state index in [0.717, 1.165) is 22.9 Å². The number of carbonyl (C=O) groups is 6. The van der Waals surface area contributed by atoms with Gasteiger partial charge in [0, 0.05) is 12.8 Å². The van der Waals surface area contributed by atoms with Crippen LogP contribution < -0.4 is 10.9 Å². The molecule has 2 aliphatic heterocycles. The number of nitrogens with zero attached hydrogens (tertiary/aromatic N) is 2. The van der Waals surface area contributed by atoms with Crippen LogP contribution in [0.15, 0.2) is 24.3 Å². The van der Waals surface area contributed by atoms with Crippen LogP contribution >= 0.6 is 0 Å². The smallest absolute Gasteiger partial charge is 0.252 e. The first-order chi connectivity index (χ1) is 16.3. The third-order valence-corrected chi connectivity index (χ3v) is 8.47. The molecule has 6 amide bonds. The fraction of sp³-hybridized carbons (Fsp3) is 0.583. The van der Waals surface area contributed by atoms with E-state index in [2.05, 4.69) is 10.9 Å². The van der Waals surface area contributed by atoms with Crippen LogP contribution in [0.5, 0.6) is 0 Å². The average molecular weight is 466 g/mol. The minimum absolute atomic E-state index is 0.0472. The van der Waals surface area contributed by atoms with Gasteiger partial charge < -0.3 is 0 Å². The number of nitrogens with one attached hydrogen (secondary N) is 2. The Bertz CT molecular complexity index is 937. The average Bonchev–Trinajstić information content (AvgIpc) is 3.65. The molecule has 0 aromatic heterocycles. The van der Waals surface area contributed by atoms with Crippen molar-refractivity contribution in [2.75, 3.05) is 0 Å². The van der Waals surface area contributed by atoms with E-state index in [1.165, 1.54) is 0 Å². The van der Waals surface area contributed by atoms with Gasteiger partial charge in [-0.25, -0.2) is 0 Å². The molecule has 0 spiro atoms. The van der Waals surface area contributed by atoms with Crippen molar-refractivity contribution in [2.45, 2.75) is 38.5 Å². The topological polar surface area (TPSA) is 133 Å². The van der Waals surface area contributed by atoms with Crippen LogP contribution in [0.4, 0.5) is 0 Å². The van der Waals surface area contributed by atoms with Crippen molar-refractivity contribution in [2.24, 2.45) is 47.3 Å². The lowest BCUT2D eigenvalue weighted by Gasteiger charge is -2.18. The SMILES string of the molecule is O=C(CCCCC(=O)NN1C(=O)[C@@H]2[C@H](C1=O)[C@H]1C=C[C@H]2C1)NN1C(=O)[C@@H]2[C@H](C1=O)[C@H]1C=C[C@H]2C1. The van der Waals surface area contributed by atoms with Gasteiger partial charge in [-0.3, -0.25) is 39.6 Å². The summed E-state index contributed by atoms with van der Waals surface area (Å²) in [5.74, 6) is -3.44. The van der Waals surface area contributed by atoms with Gasteiger partial charge in [0.1, 0.15) is 0 Å². The van der Waals surface area contributed by atoms with E-state index in [-0.39, 0.29) is 83.8 Å². The summed E-state index contributed by atoms with van der Waals surface area (Å²) >= 11 is 0. The molecule has 8 atom stereocenters. The van der Waals surface area contributed by atoms with Crippen molar-refractivity contribution in [1.29, 1.82) is 0 Å². The van der Waals surface area contributed by atoms with Crippen LogP contribution in [-0.4, -0.2) is 45.5 Å². The summed E-state index contributed by atoms with van der Waals surface area (Å²) in [5.41, 5.74) is 4.87. The molecule has 0 aromatic rings. The van der Waals surface area contributed by atoms with Gasteiger partial charge in [-0.05, 0) is 49.4 Å². The monoisotopic (exact) mass is 466 g/mol. The second-order valence-electron chi connectivity index (χ2n) is 10.3. The fourth-order valence-corrected chi connectivity index (χ4v) is 6.96. The number of amides is 6. The molecular formula is C24H26N4O6. The van der Waals surface area contributed by atoms with Crippen LogP contribution in [0.25, 0.3) is 0 Å². The number of imide groups is 2. The zero-order valence-electron chi connectivity index (χ0n) is 18.5. The molecule has 2 saturated carbocycles. The lowest BCUT2D eigenvalue weighted by atomic mass is 9.85. The molecule has 178 valence electrons. The van der Waals surface area contributed by atoms with E-state index < -0.39 is 11.8 Å². The Morgan fingerprint density at radius 1 is 0.618 bits per heavy atom. The molecule has 34 heavy (non-hydrogen) atoms. The van der Waals surface area contributed by atoms with Gasteiger partial charge in [-0.1, -0.05) is 24.3 Å². The van der Waals surface area contributed by atoms with Crippen molar-refractivity contribution in [3.63, 3.8) is 0 Å². The molecular weight excluding hydrogens is 440 g/mol. The van der Waals surface area contributed by atoms with Gasteiger partial charge in [0.25, 0.3) is 23.6 Å². The lowest BCUT2D eigenvalue weighted by molar-refractivity contribution is -0.150. The number of allylic oxidation sites excluding steroid dienone is 4. The van der Waals surface area contributed by atoms with Gasteiger partial charge >= 0.3 is 0 Å². The van der Waals surface area contributed by atoms with E-state index >= 15 is 0 Å². The highest BCUT2D eigenvalue weighted by molar-refractivity contribution is 6.08. The summed E-state index contributed by atoms with van der Waals surface area (Å²) in [5, 5.41) is 1.75. The maximum Gasteiger partial charge on any atom is 0.252 e. The number of fused-ring (bicyclic) bond motifs is 10. The minimum Gasteiger partial charge on any atom is -0.273 e. The lowest BCUT2D eigenvalue weighted by Crippen LogP contribution is -2.47. The number of hydrogen-bond donors (Lipinski definition) is 2. The number of rotatable bonds is 7. The van der Waals surface area contributed by atoms with Crippen LogP contribution in [0.3, 0.4) is 0 Å². The Morgan fingerprint density at radius 3 is 1.21 bits per heavy atom. The van der Waals surface area contributed by atoms with Gasteiger partial charge in [0.2, 0.25) is 11.8 Å². The molecule has 0 aromatic carbocycles. The van der Waals surface area contributed by atoms with Crippen molar-refractivity contribution in [3.8, 4) is 0 Å². The Kier molecular flexibility index (Phi) is 4.76. The molecule has 4 bridgehead atoms. The molecule has 2 N–H and O–H groups in total. The molecule has 6 aliphatic rings. The first-order valence-corrected chi connectivity index (χ1v) is 12.1. The molecule has 0 unspecified atom stereocenters. The highest BCUT2D eigenvalue weighted by Gasteiger charge is 2.61. The highest BCUT2D eigenvalue weighted by atomic mass is 16.2. The van der Waals surface area contributed by atoms with Crippen LogP contribution in [0.1, 0.15) is 38.5 Å². The Hall–Kier alpha value is -3.30. The second-order valence-corrected chi connectivity index (χ2v) is 10.3. The summed E-state index contributed by atoms with van der Waals surface area (Å²) in [4.78, 5) is 75.1. The van der Waals surface area contributed by atoms with E-state index in [1.54, 1.807) is 0 Å². The quantitative estimate of drug-likeness (QED) is 0.313. The van der Waals surface area contributed by atoms with Crippen LogP contribution in [0.2, 0.25) is 0 Å². The van der Waals surface area contributed by atoms with E-state index in [1.807, 2.05) is 24.3 Å². The van der Waals surface area contributed by atoms with Gasteiger partial charge in [0.15, 0.2) is 0 Å². The summed E-state index contributed by atoms with van der Waals surface area (Å²) in [7, 11) is 0. The van der Waals surface area contributed by atoms with E-state index in [4.69, 9.17) is 0 Å². The number of carbonyl (C=O) groups excluding carboxylic acids is 6. The molecule has 4 fully saturated rings. The zero-order valence-corrected chi connectivity index (χ0v) is 18.5. The predicted molar refractivity (Wildman–Crippen MR) is 114 cm³/mol.